The van der Waals surface area contributed by atoms with Gasteiger partial charge in [-0.1, -0.05) is 35.3 Å². The second-order valence-electron chi connectivity index (χ2n) is 7.68. The minimum absolute atomic E-state index is 0.123. The normalized spacial score (nSPS) is 11.2. The van der Waals surface area contributed by atoms with E-state index in [4.69, 9.17) is 37.8 Å². The number of hydrogen-bond acceptors (Lipinski definition) is 4. The van der Waals surface area contributed by atoms with Crippen LogP contribution >= 0.6 is 23.2 Å². The molecule has 0 atom stereocenters. The summed E-state index contributed by atoms with van der Waals surface area (Å²) in [6.07, 6.45) is -5.78. The quantitative estimate of drug-likeness (QED) is 0.329. The molecular formula is C25H20Cl2F3NO5. The monoisotopic (exact) mass is 541 g/mol. The zero-order valence-electron chi connectivity index (χ0n) is 18.8. The van der Waals surface area contributed by atoms with Crippen molar-refractivity contribution in [2.75, 3.05) is 7.11 Å². The third-order valence-electron chi connectivity index (χ3n) is 5.06. The molecule has 0 fully saturated rings. The summed E-state index contributed by atoms with van der Waals surface area (Å²) in [5.41, 5.74) is 0.876. The summed E-state index contributed by atoms with van der Waals surface area (Å²) < 4.78 is 50.7. The molecule has 0 heterocycles. The van der Waals surface area contributed by atoms with Crippen LogP contribution in [-0.4, -0.2) is 24.3 Å². The van der Waals surface area contributed by atoms with E-state index in [0.29, 0.717) is 38.0 Å². The summed E-state index contributed by atoms with van der Waals surface area (Å²) in [6.45, 7) is -0.465. The van der Waals surface area contributed by atoms with E-state index in [2.05, 4.69) is 5.32 Å². The number of alkyl halides is 3. The SMILES string of the molecule is COc1ccc(CC(=O)O)cc1-c1ccc(C(F)(F)F)cc1CNC(=O)OCc1cc(Cl)cc(Cl)c1. The number of halogens is 5. The highest BCUT2D eigenvalue weighted by atomic mass is 35.5. The average molecular weight is 542 g/mol. The molecule has 2 N–H and O–H groups in total. The Morgan fingerprint density at radius 2 is 1.64 bits per heavy atom. The summed E-state index contributed by atoms with van der Waals surface area (Å²) in [5.74, 6) is -0.741. The molecule has 0 radical (unpaired) electrons. The molecule has 3 aromatic rings. The van der Waals surface area contributed by atoms with E-state index in [0.717, 1.165) is 12.1 Å². The predicted octanol–water partition coefficient (Wildman–Crippen LogP) is 6.74. The number of ether oxygens (including phenoxy) is 2. The van der Waals surface area contributed by atoms with Gasteiger partial charge in [0, 0.05) is 22.2 Å². The summed E-state index contributed by atoms with van der Waals surface area (Å²) in [7, 11) is 1.39. The van der Waals surface area contributed by atoms with Crippen molar-refractivity contribution in [1.29, 1.82) is 0 Å². The first-order chi connectivity index (χ1) is 17.0. The van der Waals surface area contributed by atoms with Crippen molar-refractivity contribution in [1.82, 2.24) is 5.32 Å². The van der Waals surface area contributed by atoms with Crippen LogP contribution in [-0.2, 0) is 35.3 Å². The third-order valence-corrected chi connectivity index (χ3v) is 5.49. The number of methoxy groups -OCH3 is 1. The Balaban J connectivity index is 1.88. The zero-order chi connectivity index (χ0) is 26.5. The van der Waals surface area contributed by atoms with Crippen molar-refractivity contribution >= 4 is 35.3 Å². The second kappa shape index (κ2) is 11.5. The smallest absolute Gasteiger partial charge is 0.416 e. The number of carbonyl (C=O) groups is 2. The van der Waals surface area contributed by atoms with Gasteiger partial charge in [0.15, 0.2) is 0 Å². The lowest BCUT2D eigenvalue weighted by Crippen LogP contribution is -2.24. The molecule has 0 aliphatic carbocycles. The van der Waals surface area contributed by atoms with Crippen molar-refractivity contribution in [2.45, 2.75) is 25.7 Å². The van der Waals surface area contributed by atoms with Gasteiger partial charge >= 0.3 is 18.2 Å². The lowest BCUT2D eigenvalue weighted by atomic mass is 9.94. The molecule has 0 unspecified atom stereocenters. The molecule has 0 spiro atoms. The maximum atomic E-state index is 13.4. The molecular weight excluding hydrogens is 522 g/mol. The Kier molecular flexibility index (Phi) is 8.70. The van der Waals surface area contributed by atoms with Gasteiger partial charge in [-0.3, -0.25) is 4.79 Å². The van der Waals surface area contributed by atoms with Crippen molar-refractivity contribution in [3.05, 3.63) is 86.9 Å². The van der Waals surface area contributed by atoms with Gasteiger partial charge in [-0.05, 0) is 64.7 Å². The van der Waals surface area contributed by atoms with Gasteiger partial charge < -0.3 is 19.9 Å². The minimum atomic E-state index is -4.62. The number of rotatable bonds is 8. The summed E-state index contributed by atoms with van der Waals surface area (Å²) in [6, 6.07) is 12.3. The molecule has 0 aliphatic heterocycles. The molecule has 0 saturated carbocycles. The highest BCUT2D eigenvalue weighted by Crippen LogP contribution is 2.37. The number of hydrogen-bond donors (Lipinski definition) is 2. The number of carboxylic acid groups (broad SMARTS) is 1. The average Bonchev–Trinajstić information content (AvgIpc) is 2.79. The molecule has 190 valence electrons. The maximum Gasteiger partial charge on any atom is 0.416 e. The van der Waals surface area contributed by atoms with Crippen LogP contribution in [0.3, 0.4) is 0 Å². The summed E-state index contributed by atoms with van der Waals surface area (Å²) in [5, 5.41) is 12.3. The molecule has 6 nitrogen and oxygen atoms in total. The van der Waals surface area contributed by atoms with Crippen LogP contribution in [0.2, 0.25) is 10.0 Å². The van der Waals surface area contributed by atoms with Crippen molar-refractivity contribution in [3.63, 3.8) is 0 Å². The topological polar surface area (TPSA) is 84.9 Å². The Bertz CT molecular complexity index is 1260. The molecule has 3 aromatic carbocycles. The summed E-state index contributed by atoms with van der Waals surface area (Å²) >= 11 is 11.8. The Morgan fingerprint density at radius 3 is 2.25 bits per heavy atom. The van der Waals surface area contributed by atoms with E-state index in [-0.39, 0.29) is 25.1 Å². The van der Waals surface area contributed by atoms with Gasteiger partial charge in [-0.25, -0.2) is 4.79 Å². The first-order valence-electron chi connectivity index (χ1n) is 10.4. The molecule has 11 heteroatoms. The van der Waals surface area contributed by atoms with Crippen LogP contribution in [0.1, 0.15) is 22.3 Å². The maximum absolute atomic E-state index is 13.4. The van der Waals surface area contributed by atoms with E-state index in [9.17, 15) is 22.8 Å². The van der Waals surface area contributed by atoms with Gasteiger partial charge in [0.1, 0.15) is 12.4 Å². The van der Waals surface area contributed by atoms with E-state index in [1.807, 2.05) is 0 Å². The fourth-order valence-electron chi connectivity index (χ4n) is 3.49. The van der Waals surface area contributed by atoms with Crippen LogP contribution in [0.4, 0.5) is 18.0 Å². The number of alkyl carbamates (subject to hydrolysis) is 1. The second-order valence-corrected chi connectivity index (χ2v) is 8.56. The van der Waals surface area contributed by atoms with Crippen molar-refractivity contribution in [2.24, 2.45) is 0 Å². The van der Waals surface area contributed by atoms with Gasteiger partial charge in [0.05, 0.1) is 19.1 Å². The van der Waals surface area contributed by atoms with Crippen molar-refractivity contribution < 1.29 is 37.3 Å². The highest BCUT2D eigenvalue weighted by molar-refractivity contribution is 6.34. The Labute approximate surface area is 214 Å². The van der Waals surface area contributed by atoms with Gasteiger partial charge in [0.2, 0.25) is 0 Å². The number of amides is 1. The van der Waals surface area contributed by atoms with Crippen LogP contribution in [0.25, 0.3) is 11.1 Å². The molecule has 0 aliphatic rings. The number of aliphatic carboxylic acids is 1. The van der Waals surface area contributed by atoms with Crippen LogP contribution in [0.5, 0.6) is 5.75 Å². The molecule has 0 aromatic heterocycles. The number of nitrogens with one attached hydrogen (secondary N) is 1. The number of carbonyl (C=O) groups excluding carboxylic acids is 1. The first kappa shape index (κ1) is 27.2. The predicted molar refractivity (Wildman–Crippen MR) is 128 cm³/mol. The third kappa shape index (κ3) is 7.29. The van der Waals surface area contributed by atoms with E-state index in [1.54, 1.807) is 18.2 Å². The van der Waals surface area contributed by atoms with E-state index in [1.165, 1.54) is 31.4 Å². The van der Waals surface area contributed by atoms with Gasteiger partial charge in [0.25, 0.3) is 0 Å². The highest BCUT2D eigenvalue weighted by Gasteiger charge is 2.31. The van der Waals surface area contributed by atoms with Crippen LogP contribution in [0.15, 0.2) is 54.6 Å². The lowest BCUT2D eigenvalue weighted by molar-refractivity contribution is -0.138. The van der Waals surface area contributed by atoms with Gasteiger partial charge in [-0.2, -0.15) is 13.2 Å². The zero-order valence-corrected chi connectivity index (χ0v) is 20.3. The molecule has 0 saturated heterocycles. The van der Waals surface area contributed by atoms with Crippen molar-refractivity contribution in [3.8, 4) is 16.9 Å². The molecule has 1 amide bonds. The molecule has 0 bridgehead atoms. The lowest BCUT2D eigenvalue weighted by Gasteiger charge is -2.17. The fourth-order valence-corrected chi connectivity index (χ4v) is 4.06. The van der Waals surface area contributed by atoms with E-state index < -0.39 is 23.8 Å². The fraction of sp³-hybridized carbons (Fsp3) is 0.200. The molecule has 36 heavy (non-hydrogen) atoms. The summed E-state index contributed by atoms with van der Waals surface area (Å²) in [4.78, 5) is 23.4. The van der Waals surface area contributed by atoms with Crippen LogP contribution < -0.4 is 10.1 Å². The minimum Gasteiger partial charge on any atom is -0.496 e. The standard InChI is InChI=1S/C25H20Cl2F3NO5/c1-35-22-5-2-14(9-23(32)33)8-21(22)20-4-3-17(25(28,29)30)10-16(20)12-31-24(34)36-13-15-6-18(26)11-19(27)7-15/h2-8,10-11H,9,12-13H2,1H3,(H,31,34)(H,32,33). The largest absolute Gasteiger partial charge is 0.496 e. The number of carboxylic acids is 1. The van der Waals surface area contributed by atoms with Crippen LogP contribution in [0, 0.1) is 0 Å². The first-order valence-corrected chi connectivity index (χ1v) is 11.2. The Hall–Kier alpha value is -3.43. The molecule has 3 rings (SSSR count). The van der Waals surface area contributed by atoms with Gasteiger partial charge in [-0.15, -0.1) is 0 Å². The number of benzene rings is 3. The Morgan fingerprint density at radius 1 is 0.944 bits per heavy atom. The van der Waals surface area contributed by atoms with E-state index >= 15 is 0 Å².